The molecule has 2 unspecified atom stereocenters. The first kappa shape index (κ1) is 12.0. The molecular formula is C13H21N3O2. The summed E-state index contributed by atoms with van der Waals surface area (Å²) in [5.41, 5.74) is 0. The van der Waals surface area contributed by atoms with Gasteiger partial charge in [0.1, 0.15) is 0 Å². The molecule has 2 amide bonds. The van der Waals surface area contributed by atoms with Gasteiger partial charge in [0.15, 0.2) is 0 Å². The zero-order chi connectivity index (χ0) is 12.7. The number of carbonyl (C=O) groups is 2. The van der Waals surface area contributed by atoms with Crippen LogP contribution in [0.25, 0.3) is 0 Å². The molecule has 3 fully saturated rings. The molecule has 2 saturated carbocycles. The minimum Gasteiger partial charge on any atom is -0.353 e. The lowest BCUT2D eigenvalue weighted by Crippen LogP contribution is -2.48. The van der Waals surface area contributed by atoms with Gasteiger partial charge in [0.05, 0.1) is 11.8 Å². The molecule has 3 rings (SSSR count). The van der Waals surface area contributed by atoms with Gasteiger partial charge in [-0.25, -0.2) is 0 Å². The van der Waals surface area contributed by atoms with Gasteiger partial charge >= 0.3 is 0 Å². The average Bonchev–Trinajstić information content (AvgIpc) is 3.23. The van der Waals surface area contributed by atoms with Gasteiger partial charge in [-0.05, 0) is 26.3 Å². The van der Waals surface area contributed by atoms with Crippen LogP contribution in [0.5, 0.6) is 0 Å². The Labute approximate surface area is 107 Å². The SMILES string of the molecule is CN1CCN(C(=O)C2CC2C(=O)NC2CC2)CC1. The molecule has 5 heteroatoms. The molecule has 1 heterocycles. The van der Waals surface area contributed by atoms with Crippen molar-refractivity contribution in [2.75, 3.05) is 33.2 Å². The highest BCUT2D eigenvalue weighted by Crippen LogP contribution is 2.40. The Hall–Kier alpha value is -1.10. The maximum absolute atomic E-state index is 12.2. The fraction of sp³-hybridized carbons (Fsp3) is 0.846. The third kappa shape index (κ3) is 2.51. The van der Waals surface area contributed by atoms with E-state index in [1.807, 2.05) is 4.90 Å². The molecule has 0 aromatic carbocycles. The van der Waals surface area contributed by atoms with Crippen molar-refractivity contribution in [1.29, 1.82) is 0 Å². The van der Waals surface area contributed by atoms with Gasteiger partial charge in [-0.2, -0.15) is 0 Å². The predicted octanol–water partition coefficient (Wildman–Crippen LogP) is -0.325. The molecule has 0 aromatic rings. The molecule has 0 radical (unpaired) electrons. The van der Waals surface area contributed by atoms with Gasteiger partial charge in [0.25, 0.3) is 0 Å². The van der Waals surface area contributed by atoms with Gasteiger partial charge in [-0.3, -0.25) is 9.59 Å². The maximum Gasteiger partial charge on any atom is 0.226 e. The minimum atomic E-state index is -0.0437. The van der Waals surface area contributed by atoms with Crippen molar-refractivity contribution in [2.45, 2.75) is 25.3 Å². The van der Waals surface area contributed by atoms with Crippen LogP contribution in [0.3, 0.4) is 0 Å². The molecule has 100 valence electrons. The summed E-state index contributed by atoms with van der Waals surface area (Å²) in [5.74, 6) is 0.217. The number of hydrogen-bond acceptors (Lipinski definition) is 3. The lowest BCUT2D eigenvalue weighted by molar-refractivity contribution is -0.136. The fourth-order valence-electron chi connectivity index (χ4n) is 2.55. The lowest BCUT2D eigenvalue weighted by atomic mass is 10.2. The average molecular weight is 251 g/mol. The predicted molar refractivity (Wildman–Crippen MR) is 66.8 cm³/mol. The summed E-state index contributed by atoms with van der Waals surface area (Å²) < 4.78 is 0. The number of carbonyl (C=O) groups excluding carboxylic acids is 2. The van der Waals surface area contributed by atoms with E-state index in [0.717, 1.165) is 45.4 Å². The largest absolute Gasteiger partial charge is 0.353 e. The van der Waals surface area contributed by atoms with Crippen LogP contribution in [0.1, 0.15) is 19.3 Å². The Morgan fingerprint density at radius 1 is 1.06 bits per heavy atom. The Balaban J connectivity index is 1.47. The van der Waals surface area contributed by atoms with E-state index in [9.17, 15) is 9.59 Å². The summed E-state index contributed by atoms with van der Waals surface area (Å²) in [6.07, 6.45) is 2.97. The Kier molecular flexibility index (Phi) is 3.01. The molecular weight excluding hydrogens is 230 g/mol. The van der Waals surface area contributed by atoms with Crippen molar-refractivity contribution in [3.63, 3.8) is 0 Å². The van der Waals surface area contributed by atoms with Gasteiger partial charge in [0, 0.05) is 32.2 Å². The van der Waals surface area contributed by atoms with Gasteiger partial charge in [-0.15, -0.1) is 0 Å². The molecule has 1 N–H and O–H groups in total. The second-order valence-electron chi connectivity index (χ2n) is 5.86. The van der Waals surface area contributed by atoms with Crippen LogP contribution in [0, 0.1) is 11.8 Å². The molecule has 0 aromatic heterocycles. The molecule has 1 aliphatic heterocycles. The summed E-state index contributed by atoms with van der Waals surface area (Å²) in [4.78, 5) is 28.2. The van der Waals surface area contributed by atoms with E-state index in [2.05, 4.69) is 17.3 Å². The van der Waals surface area contributed by atoms with Crippen molar-refractivity contribution < 1.29 is 9.59 Å². The number of likely N-dealkylation sites (N-methyl/N-ethyl adjacent to an activating group) is 1. The number of rotatable bonds is 3. The van der Waals surface area contributed by atoms with E-state index in [4.69, 9.17) is 0 Å². The quantitative estimate of drug-likeness (QED) is 0.747. The Bertz CT molecular complexity index is 359. The van der Waals surface area contributed by atoms with Crippen molar-refractivity contribution in [1.82, 2.24) is 15.1 Å². The van der Waals surface area contributed by atoms with Crippen LogP contribution in [0.4, 0.5) is 0 Å². The second-order valence-corrected chi connectivity index (χ2v) is 5.86. The van der Waals surface area contributed by atoms with Crippen LogP contribution in [-0.2, 0) is 9.59 Å². The van der Waals surface area contributed by atoms with Crippen LogP contribution >= 0.6 is 0 Å². The van der Waals surface area contributed by atoms with E-state index in [1.165, 1.54) is 0 Å². The zero-order valence-electron chi connectivity index (χ0n) is 10.9. The fourth-order valence-corrected chi connectivity index (χ4v) is 2.55. The first-order chi connectivity index (χ1) is 8.65. The van der Waals surface area contributed by atoms with E-state index >= 15 is 0 Å². The van der Waals surface area contributed by atoms with Crippen LogP contribution in [0.2, 0.25) is 0 Å². The summed E-state index contributed by atoms with van der Waals surface area (Å²) in [5, 5.41) is 2.99. The summed E-state index contributed by atoms with van der Waals surface area (Å²) in [7, 11) is 2.07. The van der Waals surface area contributed by atoms with E-state index < -0.39 is 0 Å². The van der Waals surface area contributed by atoms with Gasteiger partial charge < -0.3 is 15.1 Å². The second kappa shape index (κ2) is 4.53. The molecule has 3 aliphatic rings. The Morgan fingerprint density at radius 2 is 1.72 bits per heavy atom. The molecule has 0 spiro atoms. The summed E-state index contributed by atoms with van der Waals surface area (Å²) in [6, 6.07) is 0.400. The van der Waals surface area contributed by atoms with Crippen molar-refractivity contribution >= 4 is 11.8 Å². The minimum absolute atomic E-state index is 0.0350. The topological polar surface area (TPSA) is 52.7 Å². The molecule has 1 saturated heterocycles. The number of piperazine rings is 1. The monoisotopic (exact) mass is 251 g/mol. The van der Waals surface area contributed by atoms with Crippen molar-refractivity contribution in [3.05, 3.63) is 0 Å². The highest BCUT2D eigenvalue weighted by atomic mass is 16.2. The number of nitrogens with one attached hydrogen (secondary N) is 1. The molecule has 18 heavy (non-hydrogen) atoms. The van der Waals surface area contributed by atoms with Crippen molar-refractivity contribution in [2.24, 2.45) is 11.8 Å². The van der Waals surface area contributed by atoms with Gasteiger partial charge in [0.2, 0.25) is 11.8 Å². The summed E-state index contributed by atoms with van der Waals surface area (Å²) >= 11 is 0. The lowest BCUT2D eigenvalue weighted by Gasteiger charge is -2.32. The van der Waals surface area contributed by atoms with Crippen LogP contribution < -0.4 is 5.32 Å². The smallest absolute Gasteiger partial charge is 0.226 e. The third-order valence-electron chi connectivity index (χ3n) is 4.18. The van der Waals surface area contributed by atoms with Crippen LogP contribution in [-0.4, -0.2) is 60.9 Å². The first-order valence-electron chi connectivity index (χ1n) is 6.93. The number of hydrogen-bond donors (Lipinski definition) is 1. The number of nitrogens with zero attached hydrogens (tertiary/aromatic N) is 2. The molecule has 5 nitrogen and oxygen atoms in total. The zero-order valence-corrected chi connectivity index (χ0v) is 10.9. The molecule has 2 aliphatic carbocycles. The number of amides is 2. The van der Waals surface area contributed by atoms with Crippen molar-refractivity contribution in [3.8, 4) is 0 Å². The van der Waals surface area contributed by atoms with Crippen LogP contribution in [0.15, 0.2) is 0 Å². The highest BCUT2D eigenvalue weighted by molar-refractivity contribution is 5.92. The normalized spacial score (nSPS) is 32.2. The maximum atomic E-state index is 12.2. The third-order valence-corrected chi connectivity index (χ3v) is 4.18. The van der Waals surface area contributed by atoms with E-state index in [1.54, 1.807) is 0 Å². The van der Waals surface area contributed by atoms with E-state index in [-0.39, 0.29) is 23.7 Å². The summed E-state index contributed by atoms with van der Waals surface area (Å²) in [6.45, 7) is 3.50. The van der Waals surface area contributed by atoms with E-state index in [0.29, 0.717) is 6.04 Å². The highest BCUT2D eigenvalue weighted by Gasteiger charge is 2.50. The molecule has 2 atom stereocenters. The Morgan fingerprint density at radius 3 is 2.33 bits per heavy atom. The standard InChI is InChI=1S/C13H21N3O2/c1-15-4-6-16(7-5-15)13(18)11-8-10(11)12(17)14-9-2-3-9/h9-11H,2-8H2,1H3,(H,14,17). The first-order valence-corrected chi connectivity index (χ1v) is 6.93. The molecule has 0 bridgehead atoms. The van der Waals surface area contributed by atoms with Gasteiger partial charge in [-0.1, -0.05) is 0 Å².